The third-order valence-corrected chi connectivity index (χ3v) is 4.71. The smallest absolute Gasteiger partial charge is 0.335 e. The molecule has 0 atom stereocenters. The normalized spacial score (nSPS) is 10.5. The number of halogens is 1. The molecule has 0 saturated carbocycles. The maximum Gasteiger partial charge on any atom is 0.335 e. The molecule has 3 rings (SSSR count). The van der Waals surface area contributed by atoms with Crippen molar-refractivity contribution in [3.63, 3.8) is 0 Å². The lowest BCUT2D eigenvalue weighted by atomic mass is 10.1. The van der Waals surface area contributed by atoms with E-state index in [0.29, 0.717) is 0 Å². The van der Waals surface area contributed by atoms with Crippen LogP contribution in [0.5, 0.6) is 0 Å². The number of rotatable bonds is 4. The van der Waals surface area contributed by atoms with Crippen molar-refractivity contribution in [1.29, 1.82) is 0 Å². The van der Waals surface area contributed by atoms with Gasteiger partial charge in [0.2, 0.25) is 0 Å². The number of carbonyl (C=O) groups is 1. The van der Waals surface area contributed by atoms with Crippen molar-refractivity contribution < 1.29 is 9.90 Å². The summed E-state index contributed by atoms with van der Waals surface area (Å²) in [7, 11) is 0. The highest BCUT2D eigenvalue weighted by molar-refractivity contribution is 9.10. The number of anilines is 2. The molecule has 23 heavy (non-hydrogen) atoms. The number of aromatic nitrogens is 1. The van der Waals surface area contributed by atoms with Crippen LogP contribution in [0.4, 0.5) is 10.8 Å². The SMILES string of the molecule is Cc1sc(Nc2ccc(C(=O)O)cc2)nc1-c1ccc(Br)cc1. The number of thiazole rings is 1. The van der Waals surface area contributed by atoms with Crippen LogP contribution in [0.2, 0.25) is 0 Å². The van der Waals surface area contributed by atoms with Gasteiger partial charge in [0, 0.05) is 20.6 Å². The van der Waals surface area contributed by atoms with E-state index < -0.39 is 5.97 Å². The van der Waals surface area contributed by atoms with E-state index in [2.05, 4.69) is 26.2 Å². The fourth-order valence-corrected chi connectivity index (χ4v) is 3.27. The van der Waals surface area contributed by atoms with Crippen LogP contribution in [-0.4, -0.2) is 16.1 Å². The molecule has 2 N–H and O–H groups in total. The van der Waals surface area contributed by atoms with E-state index in [4.69, 9.17) is 5.11 Å². The molecule has 0 amide bonds. The van der Waals surface area contributed by atoms with Gasteiger partial charge in [-0.1, -0.05) is 28.1 Å². The summed E-state index contributed by atoms with van der Waals surface area (Å²) < 4.78 is 1.03. The fraction of sp³-hybridized carbons (Fsp3) is 0.0588. The summed E-state index contributed by atoms with van der Waals surface area (Å²) in [5.74, 6) is -0.931. The molecule has 0 unspecified atom stereocenters. The molecule has 1 aromatic heterocycles. The summed E-state index contributed by atoms with van der Waals surface area (Å²) in [5, 5.41) is 12.9. The Morgan fingerprint density at radius 3 is 2.39 bits per heavy atom. The molecule has 0 fully saturated rings. The topological polar surface area (TPSA) is 62.2 Å². The fourth-order valence-electron chi connectivity index (χ4n) is 2.15. The van der Waals surface area contributed by atoms with Gasteiger partial charge in [-0.2, -0.15) is 0 Å². The first-order valence-electron chi connectivity index (χ1n) is 6.86. The largest absolute Gasteiger partial charge is 0.478 e. The number of aromatic carboxylic acids is 1. The molecular weight excluding hydrogens is 376 g/mol. The number of hydrogen-bond acceptors (Lipinski definition) is 4. The first-order chi connectivity index (χ1) is 11.0. The van der Waals surface area contributed by atoms with Gasteiger partial charge in [0.05, 0.1) is 11.3 Å². The Kier molecular flexibility index (Phi) is 4.45. The zero-order valence-electron chi connectivity index (χ0n) is 12.2. The summed E-state index contributed by atoms with van der Waals surface area (Å²) in [6.45, 7) is 2.04. The third-order valence-electron chi connectivity index (χ3n) is 3.30. The van der Waals surface area contributed by atoms with Crippen LogP contribution in [0, 0.1) is 6.92 Å². The quantitative estimate of drug-likeness (QED) is 0.634. The number of carboxylic acid groups (broad SMARTS) is 1. The summed E-state index contributed by atoms with van der Waals surface area (Å²) in [6.07, 6.45) is 0. The minimum Gasteiger partial charge on any atom is -0.478 e. The predicted molar refractivity (Wildman–Crippen MR) is 96.7 cm³/mol. The number of hydrogen-bond donors (Lipinski definition) is 2. The molecule has 1 heterocycles. The maximum absolute atomic E-state index is 10.9. The summed E-state index contributed by atoms with van der Waals surface area (Å²) in [4.78, 5) is 16.6. The molecule has 0 bridgehead atoms. The highest BCUT2D eigenvalue weighted by Gasteiger charge is 2.10. The molecule has 0 saturated heterocycles. The Balaban J connectivity index is 1.83. The van der Waals surface area contributed by atoms with Crippen LogP contribution in [0.15, 0.2) is 53.0 Å². The predicted octanol–water partition coefficient (Wildman–Crippen LogP) is 5.32. The first-order valence-corrected chi connectivity index (χ1v) is 8.47. The van der Waals surface area contributed by atoms with Crippen molar-refractivity contribution in [3.05, 3.63) is 63.4 Å². The van der Waals surface area contributed by atoms with Crippen LogP contribution in [0.3, 0.4) is 0 Å². The van der Waals surface area contributed by atoms with Crippen molar-refractivity contribution in [3.8, 4) is 11.3 Å². The molecule has 0 spiro atoms. The van der Waals surface area contributed by atoms with Crippen LogP contribution < -0.4 is 5.32 Å². The van der Waals surface area contributed by atoms with E-state index in [9.17, 15) is 4.79 Å². The molecule has 0 radical (unpaired) electrons. The summed E-state index contributed by atoms with van der Waals surface area (Å²) in [5.41, 5.74) is 3.09. The van der Waals surface area contributed by atoms with Crippen LogP contribution in [0.25, 0.3) is 11.3 Å². The highest BCUT2D eigenvalue weighted by Crippen LogP contribution is 2.32. The molecule has 6 heteroatoms. The summed E-state index contributed by atoms with van der Waals surface area (Å²) in [6, 6.07) is 14.6. The molecule has 3 aromatic rings. The molecule has 2 aromatic carbocycles. The standard InChI is InChI=1S/C17H13BrN2O2S/c1-10-15(11-2-6-13(18)7-3-11)20-17(23-10)19-14-8-4-12(5-9-14)16(21)22/h2-9H,1H3,(H,19,20)(H,21,22). The maximum atomic E-state index is 10.9. The van der Waals surface area contributed by atoms with Gasteiger partial charge in [-0.25, -0.2) is 9.78 Å². The van der Waals surface area contributed by atoms with Crippen LogP contribution in [0.1, 0.15) is 15.2 Å². The Bertz CT molecular complexity index is 842. The van der Waals surface area contributed by atoms with Gasteiger partial charge in [-0.3, -0.25) is 0 Å². The molecule has 0 aliphatic rings. The lowest BCUT2D eigenvalue weighted by Gasteiger charge is -2.02. The van der Waals surface area contributed by atoms with Gasteiger partial charge in [-0.05, 0) is 43.3 Å². The van der Waals surface area contributed by atoms with Gasteiger partial charge in [0.25, 0.3) is 0 Å². The van der Waals surface area contributed by atoms with Gasteiger partial charge < -0.3 is 10.4 Å². The van der Waals surface area contributed by atoms with Crippen molar-refractivity contribution in [1.82, 2.24) is 4.98 Å². The molecule has 0 aliphatic heterocycles. The Morgan fingerprint density at radius 2 is 1.78 bits per heavy atom. The highest BCUT2D eigenvalue weighted by atomic mass is 79.9. The Morgan fingerprint density at radius 1 is 1.13 bits per heavy atom. The lowest BCUT2D eigenvalue weighted by Crippen LogP contribution is -1.96. The van der Waals surface area contributed by atoms with E-state index in [1.54, 1.807) is 35.6 Å². The number of aryl methyl sites for hydroxylation is 1. The second-order valence-electron chi connectivity index (χ2n) is 4.94. The second kappa shape index (κ2) is 6.52. The molecule has 4 nitrogen and oxygen atoms in total. The average Bonchev–Trinajstić information content (AvgIpc) is 2.89. The van der Waals surface area contributed by atoms with E-state index >= 15 is 0 Å². The zero-order valence-corrected chi connectivity index (χ0v) is 14.6. The molecular formula is C17H13BrN2O2S. The first kappa shape index (κ1) is 15.7. The van der Waals surface area contributed by atoms with Crippen molar-refractivity contribution in [2.45, 2.75) is 6.92 Å². The van der Waals surface area contributed by atoms with Crippen LogP contribution in [-0.2, 0) is 0 Å². The van der Waals surface area contributed by atoms with Crippen molar-refractivity contribution >= 4 is 44.1 Å². The van der Waals surface area contributed by atoms with Gasteiger partial charge in [0.1, 0.15) is 0 Å². The average molecular weight is 389 g/mol. The zero-order chi connectivity index (χ0) is 16.4. The third kappa shape index (κ3) is 3.60. The monoisotopic (exact) mass is 388 g/mol. The van der Waals surface area contributed by atoms with E-state index in [0.717, 1.165) is 31.4 Å². The Hall–Kier alpha value is -2.18. The number of nitrogens with zero attached hydrogens (tertiary/aromatic N) is 1. The van der Waals surface area contributed by atoms with Gasteiger partial charge in [-0.15, -0.1) is 11.3 Å². The lowest BCUT2D eigenvalue weighted by molar-refractivity contribution is 0.0697. The minimum absolute atomic E-state index is 0.265. The molecule has 116 valence electrons. The summed E-state index contributed by atoms with van der Waals surface area (Å²) >= 11 is 5.00. The van der Waals surface area contributed by atoms with E-state index in [1.807, 2.05) is 31.2 Å². The second-order valence-corrected chi connectivity index (χ2v) is 7.06. The van der Waals surface area contributed by atoms with E-state index in [-0.39, 0.29) is 5.56 Å². The minimum atomic E-state index is -0.931. The number of carboxylic acids is 1. The van der Waals surface area contributed by atoms with Gasteiger partial charge in [0.15, 0.2) is 5.13 Å². The molecule has 0 aliphatic carbocycles. The van der Waals surface area contributed by atoms with E-state index in [1.165, 1.54) is 0 Å². The van der Waals surface area contributed by atoms with Crippen LogP contribution >= 0.6 is 27.3 Å². The van der Waals surface area contributed by atoms with Crippen molar-refractivity contribution in [2.24, 2.45) is 0 Å². The van der Waals surface area contributed by atoms with Crippen molar-refractivity contribution in [2.75, 3.05) is 5.32 Å². The Labute approximate surface area is 146 Å². The number of benzene rings is 2. The number of nitrogens with one attached hydrogen (secondary N) is 1. The van der Waals surface area contributed by atoms with Gasteiger partial charge >= 0.3 is 5.97 Å².